The Balaban J connectivity index is 1.61. The van der Waals surface area contributed by atoms with Crippen molar-refractivity contribution >= 4 is 21.7 Å². The van der Waals surface area contributed by atoms with Gasteiger partial charge in [-0.05, 0) is 24.7 Å². The highest BCUT2D eigenvalue weighted by Gasteiger charge is 2.49. The maximum absolute atomic E-state index is 11.6. The zero-order chi connectivity index (χ0) is 16.2. The summed E-state index contributed by atoms with van der Waals surface area (Å²) in [5, 5.41) is 3.35. The summed E-state index contributed by atoms with van der Waals surface area (Å²) < 4.78 is 23.3. The molecule has 1 saturated heterocycles. The Morgan fingerprint density at radius 3 is 2.35 bits per heavy atom. The quantitative estimate of drug-likeness (QED) is 0.883. The Morgan fingerprint density at radius 2 is 1.78 bits per heavy atom. The van der Waals surface area contributed by atoms with E-state index in [0.717, 1.165) is 25.1 Å². The second kappa shape index (κ2) is 5.03. The van der Waals surface area contributed by atoms with Crippen LogP contribution in [0.25, 0.3) is 0 Å². The van der Waals surface area contributed by atoms with Crippen molar-refractivity contribution in [2.24, 2.45) is 5.41 Å². The summed E-state index contributed by atoms with van der Waals surface area (Å²) in [6.07, 6.45) is 3.41. The van der Waals surface area contributed by atoms with Crippen LogP contribution in [-0.2, 0) is 9.84 Å². The lowest BCUT2D eigenvalue weighted by Crippen LogP contribution is -2.41. The van der Waals surface area contributed by atoms with Gasteiger partial charge in [-0.15, -0.1) is 0 Å². The van der Waals surface area contributed by atoms with Crippen LogP contribution in [0.5, 0.6) is 0 Å². The molecule has 23 heavy (non-hydrogen) atoms. The van der Waals surface area contributed by atoms with Crippen molar-refractivity contribution in [1.82, 2.24) is 15.0 Å². The average Bonchev–Trinajstić information content (AvgIpc) is 3.37. The number of rotatable bonds is 4. The summed E-state index contributed by atoms with van der Waals surface area (Å²) in [6, 6.07) is 0.479. The van der Waals surface area contributed by atoms with E-state index >= 15 is 0 Å². The molecule has 2 aliphatic carbocycles. The zero-order valence-corrected chi connectivity index (χ0v) is 14.4. The molecule has 1 aliphatic heterocycles. The van der Waals surface area contributed by atoms with Gasteiger partial charge in [-0.25, -0.2) is 8.42 Å². The number of hydrogen-bond acceptors (Lipinski definition) is 7. The second-order valence-electron chi connectivity index (χ2n) is 7.62. The maximum atomic E-state index is 11.6. The molecule has 1 unspecified atom stereocenters. The first-order valence-corrected chi connectivity index (χ1v) is 10.1. The van der Waals surface area contributed by atoms with E-state index in [9.17, 15) is 8.42 Å². The molecule has 1 aromatic rings. The lowest BCUT2D eigenvalue weighted by atomic mass is 10.1. The van der Waals surface area contributed by atoms with Gasteiger partial charge < -0.3 is 10.2 Å². The van der Waals surface area contributed by atoms with E-state index in [1.54, 1.807) is 0 Å². The van der Waals surface area contributed by atoms with E-state index in [1.807, 2.05) is 4.90 Å². The molecule has 1 N–H and O–H groups in total. The van der Waals surface area contributed by atoms with E-state index in [4.69, 9.17) is 0 Å². The fourth-order valence-corrected chi connectivity index (χ4v) is 4.17. The monoisotopic (exact) mass is 337 g/mol. The molecule has 7 nitrogen and oxygen atoms in total. The van der Waals surface area contributed by atoms with Crippen LogP contribution in [0, 0.1) is 5.41 Å². The lowest BCUT2D eigenvalue weighted by molar-refractivity contribution is 0.584. The minimum absolute atomic E-state index is 0.175. The molecule has 4 rings (SSSR count). The molecule has 3 aliphatic rings. The SMILES string of the molecule is CC1(C)CC1c1nc(NC2CC2)nc(N2CCS(=O)(=O)CC2)n1. The molecule has 2 saturated carbocycles. The second-order valence-corrected chi connectivity index (χ2v) is 9.92. The summed E-state index contributed by atoms with van der Waals surface area (Å²) in [5.41, 5.74) is 0.251. The summed E-state index contributed by atoms with van der Waals surface area (Å²) in [6.45, 7) is 5.37. The molecule has 0 spiro atoms. The molecule has 0 aromatic carbocycles. The summed E-state index contributed by atoms with van der Waals surface area (Å²) in [7, 11) is -2.90. The predicted octanol–water partition coefficient (Wildman–Crippen LogP) is 1.19. The van der Waals surface area contributed by atoms with Gasteiger partial charge in [0.05, 0.1) is 11.5 Å². The van der Waals surface area contributed by atoms with Gasteiger partial charge >= 0.3 is 0 Å². The van der Waals surface area contributed by atoms with Gasteiger partial charge in [-0.2, -0.15) is 15.0 Å². The minimum Gasteiger partial charge on any atom is -0.351 e. The van der Waals surface area contributed by atoms with Gasteiger partial charge in [0.1, 0.15) is 5.82 Å². The molecular weight excluding hydrogens is 314 g/mol. The summed E-state index contributed by atoms with van der Waals surface area (Å²) >= 11 is 0. The number of nitrogens with zero attached hydrogens (tertiary/aromatic N) is 4. The Morgan fingerprint density at radius 1 is 1.13 bits per heavy atom. The predicted molar refractivity (Wildman–Crippen MR) is 88.5 cm³/mol. The van der Waals surface area contributed by atoms with Gasteiger partial charge in [-0.1, -0.05) is 13.8 Å². The molecule has 1 aromatic heterocycles. The molecule has 1 atom stereocenters. The standard InChI is InChI=1S/C15H23N5O2S/c1-15(2)9-11(15)12-17-13(16-10-3-4-10)19-14(18-12)20-5-7-23(21,22)8-6-20/h10-11H,3-9H2,1-2H3,(H,16,17,18,19). The summed E-state index contributed by atoms with van der Waals surface area (Å²) in [5.74, 6) is 2.83. The molecule has 8 heteroatoms. The number of hydrogen-bond donors (Lipinski definition) is 1. The molecule has 0 bridgehead atoms. The van der Waals surface area contributed by atoms with Gasteiger partial charge in [0, 0.05) is 25.0 Å². The zero-order valence-electron chi connectivity index (χ0n) is 13.6. The van der Waals surface area contributed by atoms with Crippen molar-refractivity contribution in [1.29, 1.82) is 0 Å². The fourth-order valence-electron chi connectivity index (χ4n) is 2.97. The average molecular weight is 337 g/mol. The van der Waals surface area contributed by atoms with Gasteiger partial charge in [0.15, 0.2) is 9.84 Å². The van der Waals surface area contributed by atoms with Crippen LogP contribution in [0.15, 0.2) is 0 Å². The van der Waals surface area contributed by atoms with Crippen molar-refractivity contribution in [2.75, 3.05) is 34.8 Å². The van der Waals surface area contributed by atoms with Crippen molar-refractivity contribution in [3.63, 3.8) is 0 Å². The first-order chi connectivity index (χ1) is 10.8. The summed E-state index contributed by atoms with van der Waals surface area (Å²) in [4.78, 5) is 15.8. The third kappa shape index (κ3) is 3.27. The largest absolute Gasteiger partial charge is 0.351 e. The van der Waals surface area contributed by atoms with Crippen LogP contribution in [0.2, 0.25) is 0 Å². The molecule has 0 amide bonds. The third-order valence-electron chi connectivity index (χ3n) is 5.00. The molecule has 3 fully saturated rings. The van der Waals surface area contributed by atoms with Crippen LogP contribution in [0.3, 0.4) is 0 Å². The first kappa shape index (κ1) is 15.1. The lowest BCUT2D eigenvalue weighted by Gasteiger charge is -2.27. The van der Waals surface area contributed by atoms with Crippen LogP contribution >= 0.6 is 0 Å². The van der Waals surface area contributed by atoms with Crippen molar-refractivity contribution in [2.45, 2.75) is 45.1 Å². The number of aromatic nitrogens is 3. The topological polar surface area (TPSA) is 88.1 Å². The number of sulfone groups is 1. The minimum atomic E-state index is -2.90. The highest BCUT2D eigenvalue weighted by molar-refractivity contribution is 7.91. The van der Waals surface area contributed by atoms with Crippen LogP contribution in [-0.4, -0.2) is 54.0 Å². The Kier molecular flexibility index (Phi) is 3.30. The molecule has 2 heterocycles. The van der Waals surface area contributed by atoms with E-state index < -0.39 is 9.84 Å². The van der Waals surface area contributed by atoms with Crippen LogP contribution in [0.1, 0.15) is 44.9 Å². The molecular formula is C15H23N5O2S. The van der Waals surface area contributed by atoms with E-state index in [-0.39, 0.29) is 16.9 Å². The molecule has 126 valence electrons. The van der Waals surface area contributed by atoms with Gasteiger partial charge in [0.2, 0.25) is 11.9 Å². The van der Waals surface area contributed by atoms with E-state index in [1.165, 1.54) is 0 Å². The van der Waals surface area contributed by atoms with Crippen molar-refractivity contribution < 1.29 is 8.42 Å². The van der Waals surface area contributed by atoms with Crippen molar-refractivity contribution in [3.05, 3.63) is 5.82 Å². The van der Waals surface area contributed by atoms with Gasteiger partial charge in [0.25, 0.3) is 0 Å². The Labute approximate surface area is 136 Å². The normalized spacial score (nSPS) is 28.4. The van der Waals surface area contributed by atoms with Crippen molar-refractivity contribution in [3.8, 4) is 0 Å². The Hall–Kier alpha value is -1.44. The van der Waals surface area contributed by atoms with E-state index in [2.05, 4.69) is 34.1 Å². The maximum Gasteiger partial charge on any atom is 0.230 e. The van der Waals surface area contributed by atoms with Crippen LogP contribution in [0.4, 0.5) is 11.9 Å². The number of nitrogens with one attached hydrogen (secondary N) is 1. The van der Waals surface area contributed by atoms with Gasteiger partial charge in [-0.3, -0.25) is 0 Å². The highest BCUT2D eigenvalue weighted by Crippen LogP contribution is 2.57. The van der Waals surface area contributed by atoms with E-state index in [0.29, 0.717) is 36.9 Å². The number of anilines is 2. The van der Waals surface area contributed by atoms with Crippen LogP contribution < -0.4 is 10.2 Å². The highest BCUT2D eigenvalue weighted by atomic mass is 32.2. The Bertz CT molecular complexity index is 715. The fraction of sp³-hybridized carbons (Fsp3) is 0.800. The smallest absolute Gasteiger partial charge is 0.230 e. The molecule has 0 radical (unpaired) electrons. The third-order valence-corrected chi connectivity index (χ3v) is 6.61. The first-order valence-electron chi connectivity index (χ1n) is 8.30.